The number of carboxylic acids is 1. The van der Waals surface area contributed by atoms with Gasteiger partial charge in [0.05, 0.1) is 13.2 Å². The van der Waals surface area contributed by atoms with Gasteiger partial charge in [0, 0.05) is 5.92 Å². The van der Waals surface area contributed by atoms with Crippen molar-refractivity contribution < 1.29 is 24.2 Å². The van der Waals surface area contributed by atoms with E-state index in [1.54, 1.807) is 18.2 Å². The molecule has 2 aliphatic rings. The van der Waals surface area contributed by atoms with Gasteiger partial charge >= 0.3 is 12.1 Å². The van der Waals surface area contributed by atoms with Crippen molar-refractivity contribution in [1.29, 1.82) is 0 Å². The molecular weight excluding hydrogens is 394 g/mol. The molecule has 0 fully saturated rings. The maximum absolute atomic E-state index is 12.8. The maximum atomic E-state index is 12.8. The van der Waals surface area contributed by atoms with Gasteiger partial charge in [0.1, 0.15) is 6.61 Å². The van der Waals surface area contributed by atoms with Crippen LogP contribution in [0.3, 0.4) is 0 Å². The Morgan fingerprint density at radius 1 is 0.968 bits per heavy atom. The normalized spacial score (nSPS) is 19.1. The van der Waals surface area contributed by atoms with Crippen molar-refractivity contribution in [2.45, 2.75) is 18.1 Å². The van der Waals surface area contributed by atoms with E-state index in [4.69, 9.17) is 9.47 Å². The zero-order valence-corrected chi connectivity index (χ0v) is 16.7. The summed E-state index contributed by atoms with van der Waals surface area (Å²) in [5, 5.41) is 12.5. The van der Waals surface area contributed by atoms with E-state index in [-0.39, 0.29) is 19.1 Å². The molecule has 3 aromatic rings. The van der Waals surface area contributed by atoms with Crippen LogP contribution in [0, 0.1) is 0 Å². The van der Waals surface area contributed by atoms with E-state index in [2.05, 4.69) is 17.4 Å². The van der Waals surface area contributed by atoms with Crippen LogP contribution in [0.4, 0.5) is 4.79 Å². The number of hydrogen-bond donors (Lipinski definition) is 2. The molecular formula is C25H21NO5. The summed E-state index contributed by atoms with van der Waals surface area (Å²) in [6.07, 6.45) is -0.787. The van der Waals surface area contributed by atoms with E-state index in [1.165, 1.54) is 0 Å². The number of amides is 1. The molecule has 1 atom stereocenters. The smallest absolute Gasteiger partial charge is 0.408 e. The predicted octanol–water partition coefficient (Wildman–Crippen LogP) is 4.04. The molecule has 5 rings (SSSR count). The van der Waals surface area contributed by atoms with Crippen LogP contribution < -0.4 is 5.32 Å². The van der Waals surface area contributed by atoms with Gasteiger partial charge in [0.15, 0.2) is 5.54 Å². The Balaban J connectivity index is 1.38. The molecule has 0 aromatic heterocycles. The van der Waals surface area contributed by atoms with Crippen LogP contribution in [0.2, 0.25) is 0 Å². The lowest BCUT2D eigenvalue weighted by Crippen LogP contribution is -2.57. The lowest BCUT2D eigenvalue weighted by atomic mass is 9.85. The quantitative estimate of drug-likeness (QED) is 0.672. The number of carbonyl (C=O) groups is 2. The molecule has 0 spiro atoms. The second-order valence-electron chi connectivity index (χ2n) is 7.81. The van der Waals surface area contributed by atoms with E-state index in [0.717, 1.165) is 27.8 Å². The Bertz CT molecular complexity index is 1130. The Labute approximate surface area is 179 Å². The van der Waals surface area contributed by atoms with Crippen LogP contribution in [-0.2, 0) is 26.4 Å². The van der Waals surface area contributed by atoms with Crippen molar-refractivity contribution >= 4 is 12.1 Å². The lowest BCUT2D eigenvalue weighted by molar-refractivity contribution is -0.149. The minimum absolute atomic E-state index is 0.103. The number of nitrogens with one attached hydrogen (secondary N) is 1. The second kappa shape index (κ2) is 7.56. The first-order valence-corrected chi connectivity index (χ1v) is 10.1. The van der Waals surface area contributed by atoms with Crippen molar-refractivity contribution in [3.63, 3.8) is 0 Å². The average molecular weight is 415 g/mol. The molecule has 31 heavy (non-hydrogen) atoms. The number of rotatable bonds is 4. The lowest BCUT2D eigenvalue weighted by Gasteiger charge is -2.35. The van der Waals surface area contributed by atoms with E-state index in [9.17, 15) is 14.7 Å². The Morgan fingerprint density at radius 3 is 2.26 bits per heavy atom. The number of carboxylic acid groups (broad SMARTS) is 1. The van der Waals surface area contributed by atoms with Gasteiger partial charge in [-0.3, -0.25) is 5.32 Å². The highest BCUT2D eigenvalue weighted by Crippen LogP contribution is 2.44. The van der Waals surface area contributed by atoms with Gasteiger partial charge in [-0.05, 0) is 33.4 Å². The molecule has 6 heteroatoms. The summed E-state index contributed by atoms with van der Waals surface area (Å²) < 4.78 is 11.1. The molecule has 1 heterocycles. The van der Waals surface area contributed by atoms with Gasteiger partial charge < -0.3 is 14.6 Å². The van der Waals surface area contributed by atoms with Crippen LogP contribution >= 0.6 is 0 Å². The van der Waals surface area contributed by atoms with E-state index >= 15 is 0 Å². The molecule has 3 aromatic carbocycles. The average Bonchev–Trinajstić information content (AvgIpc) is 3.11. The Kier molecular flexibility index (Phi) is 4.71. The van der Waals surface area contributed by atoms with Crippen LogP contribution in [0.15, 0.2) is 72.8 Å². The number of aliphatic carboxylic acids is 1. The summed E-state index contributed by atoms with van der Waals surface area (Å²) >= 11 is 0. The number of benzene rings is 3. The molecule has 6 nitrogen and oxygen atoms in total. The molecule has 2 N–H and O–H groups in total. The minimum Gasteiger partial charge on any atom is -0.479 e. The number of hydrogen-bond acceptors (Lipinski definition) is 4. The van der Waals surface area contributed by atoms with Gasteiger partial charge in [0.25, 0.3) is 0 Å². The second-order valence-corrected chi connectivity index (χ2v) is 7.81. The summed E-state index contributed by atoms with van der Waals surface area (Å²) in [7, 11) is 0. The fraction of sp³-hybridized carbons (Fsp3) is 0.200. The van der Waals surface area contributed by atoms with Gasteiger partial charge in [0.2, 0.25) is 0 Å². The van der Waals surface area contributed by atoms with Crippen molar-refractivity contribution in [3.05, 3.63) is 95.1 Å². The largest absolute Gasteiger partial charge is 0.479 e. The Hall–Kier alpha value is -3.64. The molecule has 1 aliphatic carbocycles. The van der Waals surface area contributed by atoms with Gasteiger partial charge in [-0.15, -0.1) is 0 Å². The van der Waals surface area contributed by atoms with E-state index in [0.29, 0.717) is 12.2 Å². The molecule has 0 bridgehead atoms. The molecule has 0 radical (unpaired) electrons. The zero-order valence-electron chi connectivity index (χ0n) is 16.7. The molecule has 1 amide bonds. The van der Waals surface area contributed by atoms with Crippen LogP contribution in [0.25, 0.3) is 11.1 Å². The highest BCUT2D eigenvalue weighted by Gasteiger charge is 2.46. The van der Waals surface area contributed by atoms with Crippen molar-refractivity contribution in [2.24, 2.45) is 0 Å². The van der Waals surface area contributed by atoms with Crippen LogP contribution in [0.1, 0.15) is 28.2 Å². The molecule has 0 saturated carbocycles. The highest BCUT2D eigenvalue weighted by molar-refractivity contribution is 5.87. The Morgan fingerprint density at radius 2 is 1.58 bits per heavy atom. The van der Waals surface area contributed by atoms with Gasteiger partial charge in [-0.2, -0.15) is 0 Å². The number of fused-ring (bicyclic) bond motifs is 4. The van der Waals surface area contributed by atoms with Crippen molar-refractivity contribution in [3.8, 4) is 11.1 Å². The maximum Gasteiger partial charge on any atom is 0.408 e. The predicted molar refractivity (Wildman–Crippen MR) is 114 cm³/mol. The van der Waals surface area contributed by atoms with E-state index in [1.807, 2.05) is 42.5 Å². The summed E-state index contributed by atoms with van der Waals surface area (Å²) in [5.74, 6) is -1.29. The third-order valence-corrected chi connectivity index (χ3v) is 6.08. The monoisotopic (exact) mass is 415 g/mol. The number of alkyl carbamates (subject to hydrolysis) is 1. The molecule has 0 saturated heterocycles. The first-order valence-electron chi connectivity index (χ1n) is 10.1. The molecule has 1 aliphatic heterocycles. The van der Waals surface area contributed by atoms with Crippen LogP contribution in [-0.4, -0.2) is 30.4 Å². The fourth-order valence-corrected chi connectivity index (χ4v) is 4.60. The number of carbonyl (C=O) groups excluding carboxylic acids is 1. The third-order valence-electron chi connectivity index (χ3n) is 6.08. The standard InChI is InChI=1S/C25H21NO5/c27-23(28)25(15-30-13-16-7-1-6-12-22(16)25)26-24(29)31-14-21-19-10-4-2-8-17(19)18-9-3-5-11-20(18)21/h1-12,21H,13-15H2,(H,26,29)(H,27,28). The van der Waals surface area contributed by atoms with Gasteiger partial charge in [-0.1, -0.05) is 72.8 Å². The van der Waals surface area contributed by atoms with Crippen LogP contribution in [0.5, 0.6) is 0 Å². The fourth-order valence-electron chi connectivity index (χ4n) is 4.60. The summed E-state index contributed by atoms with van der Waals surface area (Å²) in [6.45, 7) is 0.249. The highest BCUT2D eigenvalue weighted by atomic mass is 16.6. The summed E-state index contributed by atoms with van der Waals surface area (Å²) in [4.78, 5) is 25.0. The molecule has 1 unspecified atom stereocenters. The summed E-state index contributed by atoms with van der Waals surface area (Å²) in [6, 6.07) is 23.2. The van der Waals surface area contributed by atoms with Crippen molar-refractivity contribution in [1.82, 2.24) is 5.32 Å². The minimum atomic E-state index is -1.68. The SMILES string of the molecule is O=C(NC1(C(=O)O)COCc2ccccc21)OCC1c2ccccc2-c2ccccc21. The number of ether oxygens (including phenoxy) is 2. The summed E-state index contributed by atoms with van der Waals surface area (Å²) in [5.41, 5.74) is 4.01. The third kappa shape index (κ3) is 3.16. The first kappa shape index (κ1) is 19.3. The molecule has 156 valence electrons. The zero-order chi connectivity index (χ0) is 21.4. The topological polar surface area (TPSA) is 84.9 Å². The van der Waals surface area contributed by atoms with Crippen molar-refractivity contribution in [2.75, 3.05) is 13.2 Å². The van der Waals surface area contributed by atoms with Gasteiger partial charge in [-0.25, -0.2) is 9.59 Å². The van der Waals surface area contributed by atoms with E-state index < -0.39 is 17.6 Å². The first-order chi connectivity index (χ1) is 15.1.